The van der Waals surface area contributed by atoms with E-state index >= 15 is 0 Å². The minimum Gasteiger partial charge on any atom is -0.507 e. The minimum absolute atomic E-state index is 0.0731. The Hall–Kier alpha value is -2.22. The van der Waals surface area contributed by atoms with E-state index in [1.165, 1.54) is 0 Å². The van der Waals surface area contributed by atoms with Gasteiger partial charge in [-0.15, -0.1) is 0 Å². The van der Waals surface area contributed by atoms with E-state index in [-0.39, 0.29) is 18.2 Å². The highest BCUT2D eigenvalue weighted by atomic mass is 19.4. The second kappa shape index (κ2) is 6.40. The van der Waals surface area contributed by atoms with Gasteiger partial charge in [0.15, 0.2) is 6.29 Å². The quantitative estimate of drug-likeness (QED) is 0.475. The first-order valence-electron chi connectivity index (χ1n) is 6.44. The van der Waals surface area contributed by atoms with E-state index in [1.807, 2.05) is 0 Å². The van der Waals surface area contributed by atoms with E-state index in [0.29, 0.717) is 0 Å². The molecule has 0 heterocycles. The predicted molar refractivity (Wildman–Crippen MR) is 63.2 cm³/mol. The van der Waals surface area contributed by atoms with Crippen molar-refractivity contribution < 1.29 is 67.0 Å². The Morgan fingerprint density at radius 1 is 0.679 bits per heavy atom. The van der Waals surface area contributed by atoms with Gasteiger partial charge in [0.1, 0.15) is 5.75 Å². The molecule has 0 amide bonds. The summed E-state index contributed by atoms with van der Waals surface area (Å²) < 4.78 is 169. The molecule has 0 aromatic heterocycles. The number of carbonyl (C=O) groups excluding carboxylic acids is 1. The zero-order valence-corrected chi connectivity index (χ0v) is 12.6. The molecule has 2 nitrogen and oxygen atoms in total. The molecule has 0 bridgehead atoms. The molecule has 0 spiro atoms. The van der Waals surface area contributed by atoms with Crippen molar-refractivity contribution >= 4 is 6.29 Å². The summed E-state index contributed by atoms with van der Waals surface area (Å²) in [5, 5.41) is 9.03. The average Bonchev–Trinajstić information content (AvgIpc) is 2.53. The van der Waals surface area contributed by atoms with Crippen LogP contribution in [0.3, 0.4) is 0 Å². The zero-order chi connectivity index (χ0) is 22.6. The van der Waals surface area contributed by atoms with Crippen molar-refractivity contribution in [2.24, 2.45) is 0 Å². The molecule has 0 aliphatic heterocycles. The van der Waals surface area contributed by atoms with Crippen LogP contribution in [0.5, 0.6) is 5.75 Å². The molecule has 1 rings (SSSR count). The number of aromatic hydroxyl groups is 1. The van der Waals surface area contributed by atoms with Gasteiger partial charge in [0.25, 0.3) is 0 Å². The van der Waals surface area contributed by atoms with E-state index < -0.39 is 59.0 Å². The number of alkyl halides is 13. The van der Waals surface area contributed by atoms with Crippen molar-refractivity contribution in [1.82, 2.24) is 0 Å². The summed E-state index contributed by atoms with van der Waals surface area (Å²) in [5.74, 6) is -38.9. The molecule has 0 aliphatic rings. The van der Waals surface area contributed by atoms with E-state index in [2.05, 4.69) is 0 Å². The van der Waals surface area contributed by atoms with E-state index in [0.717, 1.165) is 0 Å². The number of hydrogen-bond donors (Lipinski definition) is 1. The maximum absolute atomic E-state index is 13.8. The van der Waals surface area contributed by atoms with Gasteiger partial charge < -0.3 is 5.11 Å². The van der Waals surface area contributed by atoms with Crippen LogP contribution in [-0.4, -0.2) is 41.3 Å². The van der Waals surface area contributed by atoms with Gasteiger partial charge in [0.2, 0.25) is 0 Å². The number of rotatable bonds is 6. The van der Waals surface area contributed by atoms with Crippen molar-refractivity contribution in [3.05, 3.63) is 29.3 Å². The third-order valence-corrected chi connectivity index (χ3v) is 3.45. The molecule has 1 aromatic rings. The number of carbonyl (C=O) groups is 1. The van der Waals surface area contributed by atoms with Gasteiger partial charge in [-0.1, -0.05) is 0 Å². The molecule has 160 valence electrons. The maximum Gasteiger partial charge on any atom is 0.460 e. The summed E-state index contributed by atoms with van der Waals surface area (Å²) in [5.41, 5.74) is -3.56. The predicted octanol–water partition coefficient (Wildman–Crippen LogP) is 5.40. The molecule has 0 aliphatic carbocycles. The Balaban J connectivity index is 3.64. The molecule has 0 radical (unpaired) electrons. The number of hydrogen-bond acceptors (Lipinski definition) is 2. The summed E-state index contributed by atoms with van der Waals surface area (Å²) in [6.45, 7) is 0. The Bertz CT molecular complexity index is 751. The van der Waals surface area contributed by atoms with Crippen LogP contribution in [0.4, 0.5) is 57.1 Å². The minimum atomic E-state index is -8.00. The van der Waals surface area contributed by atoms with Crippen LogP contribution in [0.1, 0.15) is 15.9 Å². The van der Waals surface area contributed by atoms with Crippen molar-refractivity contribution in [3.63, 3.8) is 0 Å². The third-order valence-electron chi connectivity index (χ3n) is 3.45. The number of phenols is 1. The monoisotopic (exact) mass is 440 g/mol. The van der Waals surface area contributed by atoms with Gasteiger partial charge in [-0.25, -0.2) is 0 Å². The summed E-state index contributed by atoms with van der Waals surface area (Å²) >= 11 is 0. The van der Waals surface area contributed by atoms with Crippen LogP contribution >= 0.6 is 0 Å². The number of phenolic OH excluding ortho intramolecular Hbond substituents is 1. The van der Waals surface area contributed by atoms with Crippen molar-refractivity contribution in [1.29, 1.82) is 0 Å². The first-order chi connectivity index (χ1) is 12.2. The van der Waals surface area contributed by atoms with Crippen molar-refractivity contribution in [2.45, 2.75) is 35.8 Å². The fourth-order valence-corrected chi connectivity index (χ4v) is 1.80. The molecule has 0 atom stereocenters. The Morgan fingerprint density at radius 3 is 1.50 bits per heavy atom. The summed E-state index contributed by atoms with van der Waals surface area (Å²) in [6.07, 6.45) is -7.94. The lowest BCUT2D eigenvalue weighted by atomic mass is 9.90. The lowest BCUT2D eigenvalue weighted by molar-refractivity contribution is -0.441. The van der Waals surface area contributed by atoms with Crippen LogP contribution in [0.25, 0.3) is 0 Å². The van der Waals surface area contributed by atoms with E-state index in [1.54, 1.807) is 0 Å². The standard InChI is InChI=1S/C13H5F13O2/c14-8(15,6-1-2-7(28)5(3-6)4-27)9(16,17)10(18,19)11(20,21)12(22,23)13(24,25)26/h1-4,28H. The summed E-state index contributed by atoms with van der Waals surface area (Å²) in [4.78, 5) is 10.5. The van der Waals surface area contributed by atoms with Crippen molar-refractivity contribution in [3.8, 4) is 5.75 Å². The normalized spacial score (nSPS) is 14.9. The average molecular weight is 440 g/mol. The van der Waals surface area contributed by atoms with Crippen LogP contribution in [0.2, 0.25) is 0 Å². The van der Waals surface area contributed by atoms with E-state index in [4.69, 9.17) is 5.11 Å². The highest BCUT2D eigenvalue weighted by molar-refractivity contribution is 5.79. The lowest BCUT2D eigenvalue weighted by Crippen LogP contribution is -2.69. The second-order valence-corrected chi connectivity index (χ2v) is 5.26. The molecular weight excluding hydrogens is 435 g/mol. The molecule has 1 aromatic carbocycles. The van der Waals surface area contributed by atoms with Crippen LogP contribution in [-0.2, 0) is 5.92 Å². The number of benzene rings is 1. The SMILES string of the molecule is O=Cc1cc(C(F)(F)C(F)(F)C(F)(F)C(F)(F)C(F)(F)C(F)(F)F)ccc1O. The molecule has 0 fully saturated rings. The summed E-state index contributed by atoms with van der Waals surface area (Å²) in [7, 11) is 0. The second-order valence-electron chi connectivity index (χ2n) is 5.26. The highest BCUT2D eigenvalue weighted by Gasteiger charge is 2.90. The maximum atomic E-state index is 13.8. The molecule has 1 N–H and O–H groups in total. The molecule has 0 saturated carbocycles. The van der Waals surface area contributed by atoms with Gasteiger partial charge in [0, 0.05) is 5.56 Å². The van der Waals surface area contributed by atoms with Gasteiger partial charge in [0.05, 0.1) is 5.56 Å². The first-order valence-corrected chi connectivity index (χ1v) is 6.44. The Labute approximate surface area is 145 Å². The van der Waals surface area contributed by atoms with Gasteiger partial charge >= 0.3 is 35.8 Å². The van der Waals surface area contributed by atoms with Crippen LogP contribution < -0.4 is 0 Å². The Morgan fingerprint density at radius 2 is 1.11 bits per heavy atom. The van der Waals surface area contributed by atoms with E-state index in [9.17, 15) is 61.9 Å². The topological polar surface area (TPSA) is 37.3 Å². The molecular formula is C13H5F13O2. The number of halogens is 13. The zero-order valence-electron chi connectivity index (χ0n) is 12.6. The lowest BCUT2D eigenvalue weighted by Gasteiger charge is -2.39. The van der Waals surface area contributed by atoms with Crippen molar-refractivity contribution in [2.75, 3.05) is 0 Å². The third kappa shape index (κ3) is 3.03. The van der Waals surface area contributed by atoms with Gasteiger partial charge in [-0.3, -0.25) is 4.79 Å². The smallest absolute Gasteiger partial charge is 0.460 e. The van der Waals surface area contributed by atoms with Crippen LogP contribution in [0.15, 0.2) is 18.2 Å². The summed E-state index contributed by atoms with van der Waals surface area (Å²) in [6, 6.07) is -0.553. The molecule has 28 heavy (non-hydrogen) atoms. The van der Waals surface area contributed by atoms with Gasteiger partial charge in [-0.05, 0) is 18.2 Å². The fourth-order valence-electron chi connectivity index (χ4n) is 1.80. The molecule has 0 unspecified atom stereocenters. The largest absolute Gasteiger partial charge is 0.507 e. The first kappa shape index (κ1) is 23.8. The number of aldehydes is 1. The fraction of sp³-hybridized carbons (Fsp3) is 0.462. The molecule has 0 saturated heterocycles. The molecule has 15 heteroatoms. The van der Waals surface area contributed by atoms with Gasteiger partial charge in [-0.2, -0.15) is 57.1 Å². The highest BCUT2D eigenvalue weighted by Crippen LogP contribution is 2.62. The Kier molecular flexibility index (Phi) is 5.45. The van der Waals surface area contributed by atoms with Crippen LogP contribution in [0, 0.1) is 0 Å².